The van der Waals surface area contributed by atoms with Crippen LogP contribution in [0.2, 0.25) is 0 Å². The second-order valence-electron chi connectivity index (χ2n) is 6.98. The normalized spacial score (nSPS) is 18.3. The zero-order valence-electron chi connectivity index (χ0n) is 14.4. The molecule has 26 heavy (non-hydrogen) atoms. The molecule has 1 amide bonds. The third kappa shape index (κ3) is 3.25. The van der Waals surface area contributed by atoms with E-state index in [-0.39, 0.29) is 12.1 Å². The molecule has 0 atom stereocenters. The number of carboxylic acids is 1. The summed E-state index contributed by atoms with van der Waals surface area (Å²) in [4.78, 5) is 48.9. The number of carboxylic acid groups (broad SMARTS) is 1. The van der Waals surface area contributed by atoms with Crippen molar-refractivity contribution in [3.8, 4) is 5.88 Å². The first kappa shape index (κ1) is 18.2. The molecule has 0 aliphatic heterocycles. The fourth-order valence-electron chi connectivity index (χ4n) is 4.05. The van der Waals surface area contributed by atoms with Gasteiger partial charge in [-0.05, 0) is 25.7 Å². The maximum Gasteiger partial charge on any atom is 0.334 e. The largest absolute Gasteiger partial charge is 0.494 e. The maximum absolute atomic E-state index is 13.0. The molecule has 2 saturated carbocycles. The van der Waals surface area contributed by atoms with Crippen LogP contribution in [0.15, 0.2) is 9.59 Å². The maximum atomic E-state index is 13.0. The van der Waals surface area contributed by atoms with Gasteiger partial charge in [-0.2, -0.15) is 0 Å². The molecule has 2 aliphatic carbocycles. The van der Waals surface area contributed by atoms with Gasteiger partial charge in [0, 0.05) is 12.1 Å². The first-order valence-corrected chi connectivity index (χ1v) is 9.01. The van der Waals surface area contributed by atoms with E-state index >= 15 is 0 Å². The van der Waals surface area contributed by atoms with Crippen molar-refractivity contribution in [2.75, 3.05) is 6.54 Å². The smallest absolute Gasteiger partial charge is 0.334 e. The van der Waals surface area contributed by atoms with E-state index in [9.17, 15) is 24.3 Å². The van der Waals surface area contributed by atoms with Gasteiger partial charge >= 0.3 is 11.7 Å². The van der Waals surface area contributed by atoms with Crippen molar-refractivity contribution in [2.45, 2.75) is 63.5 Å². The fraction of sp³-hybridized carbons (Fsp3) is 0.647. The van der Waals surface area contributed by atoms with Crippen LogP contribution in [0.5, 0.6) is 5.88 Å². The van der Waals surface area contributed by atoms with E-state index < -0.39 is 41.1 Å². The van der Waals surface area contributed by atoms with Crippen molar-refractivity contribution in [3.05, 3.63) is 26.4 Å². The molecule has 9 heteroatoms. The average Bonchev–Trinajstić information content (AvgIpc) is 3.27. The number of carbonyl (C=O) groups excluding carboxylic acids is 1. The molecule has 0 bridgehead atoms. The standard InChI is InChI=1S/C17H23N3O6/c21-12(22)9-18-14(23)13-15(24)19(10-5-1-2-6-10)17(26)20(16(13)25)11-7-3-4-8-11/h10-11,24H,1-9H2,(H,18,23)(H,21,22). The van der Waals surface area contributed by atoms with Crippen molar-refractivity contribution in [1.82, 2.24) is 14.5 Å². The van der Waals surface area contributed by atoms with E-state index in [1.54, 1.807) is 0 Å². The van der Waals surface area contributed by atoms with Crippen molar-refractivity contribution in [1.29, 1.82) is 0 Å². The van der Waals surface area contributed by atoms with E-state index in [1.165, 1.54) is 0 Å². The van der Waals surface area contributed by atoms with Crippen LogP contribution in [-0.4, -0.2) is 37.8 Å². The van der Waals surface area contributed by atoms with E-state index in [1.807, 2.05) is 0 Å². The third-order valence-electron chi connectivity index (χ3n) is 5.30. The Kier molecular flexibility index (Phi) is 5.15. The summed E-state index contributed by atoms with van der Waals surface area (Å²) in [5.74, 6) is -2.91. The minimum Gasteiger partial charge on any atom is -0.494 e. The lowest BCUT2D eigenvalue weighted by molar-refractivity contribution is -0.135. The Balaban J connectivity index is 2.15. The highest BCUT2D eigenvalue weighted by Crippen LogP contribution is 2.33. The number of nitrogens with one attached hydrogen (secondary N) is 1. The first-order valence-electron chi connectivity index (χ1n) is 9.01. The summed E-state index contributed by atoms with van der Waals surface area (Å²) in [5, 5.41) is 21.4. The highest BCUT2D eigenvalue weighted by molar-refractivity contribution is 5.97. The second-order valence-corrected chi connectivity index (χ2v) is 6.98. The number of rotatable bonds is 5. The van der Waals surface area contributed by atoms with Gasteiger partial charge in [-0.1, -0.05) is 25.7 Å². The quantitative estimate of drug-likeness (QED) is 0.706. The predicted molar refractivity (Wildman–Crippen MR) is 91.6 cm³/mol. The monoisotopic (exact) mass is 365 g/mol. The Morgan fingerprint density at radius 2 is 1.46 bits per heavy atom. The summed E-state index contributed by atoms with van der Waals surface area (Å²) >= 11 is 0. The number of hydrogen-bond acceptors (Lipinski definition) is 5. The highest BCUT2D eigenvalue weighted by Gasteiger charge is 2.32. The molecule has 2 aliphatic rings. The molecule has 9 nitrogen and oxygen atoms in total. The van der Waals surface area contributed by atoms with Crippen LogP contribution >= 0.6 is 0 Å². The van der Waals surface area contributed by atoms with E-state index in [0.29, 0.717) is 25.7 Å². The van der Waals surface area contributed by atoms with Gasteiger partial charge in [0.15, 0.2) is 5.56 Å². The zero-order valence-corrected chi connectivity index (χ0v) is 14.4. The van der Waals surface area contributed by atoms with Crippen molar-refractivity contribution in [2.24, 2.45) is 0 Å². The summed E-state index contributed by atoms with van der Waals surface area (Å²) < 4.78 is 2.24. The van der Waals surface area contributed by atoms with Crippen LogP contribution in [-0.2, 0) is 4.79 Å². The summed E-state index contributed by atoms with van der Waals surface area (Å²) in [6.45, 7) is -0.677. The third-order valence-corrected chi connectivity index (χ3v) is 5.30. The Morgan fingerprint density at radius 3 is 1.96 bits per heavy atom. The topological polar surface area (TPSA) is 131 Å². The van der Waals surface area contributed by atoms with Crippen molar-refractivity contribution >= 4 is 11.9 Å². The van der Waals surface area contributed by atoms with Crippen molar-refractivity contribution < 1.29 is 19.8 Å². The van der Waals surface area contributed by atoms with E-state index in [0.717, 1.165) is 34.8 Å². The van der Waals surface area contributed by atoms with Gasteiger partial charge in [-0.15, -0.1) is 0 Å². The first-order chi connectivity index (χ1) is 12.4. The summed E-state index contributed by atoms with van der Waals surface area (Å²) in [5.41, 5.74) is -1.98. The van der Waals surface area contributed by atoms with Gasteiger partial charge in [0.2, 0.25) is 5.88 Å². The lowest BCUT2D eigenvalue weighted by Crippen LogP contribution is -2.46. The Hall–Kier alpha value is -2.58. The lowest BCUT2D eigenvalue weighted by Gasteiger charge is -2.22. The molecular formula is C17H23N3O6. The van der Waals surface area contributed by atoms with Crippen LogP contribution in [0.25, 0.3) is 0 Å². The van der Waals surface area contributed by atoms with Crippen LogP contribution in [0.4, 0.5) is 0 Å². The molecule has 3 N–H and O–H groups in total. The van der Waals surface area contributed by atoms with Crippen LogP contribution in [0.3, 0.4) is 0 Å². The molecule has 0 spiro atoms. The molecule has 1 heterocycles. The summed E-state index contributed by atoms with van der Waals surface area (Å²) in [6.07, 6.45) is 6.29. The molecule has 2 fully saturated rings. The number of aromatic nitrogens is 2. The Bertz CT molecular complexity index is 828. The van der Waals surface area contributed by atoms with Crippen LogP contribution in [0, 0.1) is 0 Å². The molecule has 3 rings (SSSR count). The second kappa shape index (κ2) is 7.35. The zero-order chi connectivity index (χ0) is 18.8. The summed E-state index contributed by atoms with van der Waals surface area (Å²) in [6, 6.07) is -0.559. The molecule has 0 unspecified atom stereocenters. The number of aromatic hydroxyl groups is 1. The number of carbonyl (C=O) groups is 2. The Morgan fingerprint density at radius 1 is 0.962 bits per heavy atom. The number of amides is 1. The number of hydrogen-bond donors (Lipinski definition) is 3. The predicted octanol–water partition coefficient (Wildman–Crippen LogP) is 0.760. The van der Waals surface area contributed by atoms with E-state index in [4.69, 9.17) is 5.11 Å². The molecule has 142 valence electrons. The molecule has 0 saturated heterocycles. The molecule has 1 aromatic heterocycles. The molecule has 0 radical (unpaired) electrons. The van der Waals surface area contributed by atoms with Gasteiger partial charge < -0.3 is 15.5 Å². The fourth-order valence-corrected chi connectivity index (χ4v) is 4.05. The SMILES string of the molecule is O=C(O)CNC(=O)c1c(O)n(C2CCCC2)c(=O)n(C2CCCC2)c1=O. The number of nitrogens with zero attached hydrogens (tertiary/aromatic N) is 2. The minimum absolute atomic E-state index is 0.262. The van der Waals surface area contributed by atoms with Gasteiger partial charge in [0.25, 0.3) is 11.5 Å². The Labute approximate surface area is 149 Å². The van der Waals surface area contributed by atoms with Gasteiger partial charge in [-0.25, -0.2) is 4.79 Å². The molecular weight excluding hydrogens is 342 g/mol. The lowest BCUT2D eigenvalue weighted by atomic mass is 10.2. The van der Waals surface area contributed by atoms with Gasteiger partial charge in [0.1, 0.15) is 6.54 Å². The van der Waals surface area contributed by atoms with Crippen molar-refractivity contribution in [3.63, 3.8) is 0 Å². The van der Waals surface area contributed by atoms with E-state index in [2.05, 4.69) is 5.32 Å². The van der Waals surface area contributed by atoms with Crippen LogP contribution < -0.4 is 16.6 Å². The van der Waals surface area contributed by atoms with Crippen LogP contribution in [0.1, 0.15) is 73.8 Å². The highest BCUT2D eigenvalue weighted by atomic mass is 16.4. The average molecular weight is 365 g/mol. The minimum atomic E-state index is -1.27. The van der Waals surface area contributed by atoms with Gasteiger partial charge in [-0.3, -0.25) is 23.5 Å². The summed E-state index contributed by atoms with van der Waals surface area (Å²) in [7, 11) is 0. The molecule has 1 aromatic rings. The molecule has 0 aromatic carbocycles. The number of aliphatic carboxylic acids is 1. The van der Waals surface area contributed by atoms with Gasteiger partial charge in [0.05, 0.1) is 0 Å².